The molecule has 0 aliphatic carbocycles. The molecule has 110 valence electrons. The van der Waals surface area contributed by atoms with Crippen molar-refractivity contribution in [3.63, 3.8) is 0 Å². The van der Waals surface area contributed by atoms with Crippen molar-refractivity contribution in [2.75, 3.05) is 18.0 Å². The number of carbonyl (C=O) groups is 2. The molecular formula is C14H22N4O2. The number of rotatable bonds is 8. The van der Waals surface area contributed by atoms with Crippen LogP contribution in [0.15, 0.2) is 24.3 Å². The van der Waals surface area contributed by atoms with Crippen molar-refractivity contribution in [2.45, 2.75) is 26.4 Å². The number of nitrogens with zero attached hydrogens (tertiary/aromatic N) is 1. The quantitative estimate of drug-likeness (QED) is 0.621. The van der Waals surface area contributed by atoms with Gasteiger partial charge in [-0.3, -0.25) is 9.59 Å². The summed E-state index contributed by atoms with van der Waals surface area (Å²) >= 11 is 0. The lowest BCUT2D eigenvalue weighted by molar-refractivity contribution is -0.117. The molecule has 0 unspecified atom stereocenters. The van der Waals surface area contributed by atoms with Crippen LogP contribution in [0, 0.1) is 0 Å². The molecule has 0 saturated heterocycles. The SMILES string of the molecule is CC(C)NCc1ccc(N(CC(N)=O)CC(N)=O)cc1. The van der Waals surface area contributed by atoms with Crippen LogP contribution >= 0.6 is 0 Å². The van der Waals surface area contributed by atoms with E-state index in [0.717, 1.165) is 17.8 Å². The summed E-state index contributed by atoms with van der Waals surface area (Å²) in [5.41, 5.74) is 12.2. The molecule has 0 heterocycles. The first-order valence-electron chi connectivity index (χ1n) is 6.52. The summed E-state index contributed by atoms with van der Waals surface area (Å²) in [6.45, 7) is 4.86. The van der Waals surface area contributed by atoms with E-state index in [4.69, 9.17) is 11.5 Å². The Morgan fingerprint density at radius 3 is 2.00 bits per heavy atom. The van der Waals surface area contributed by atoms with E-state index in [1.165, 1.54) is 0 Å². The molecule has 6 nitrogen and oxygen atoms in total. The van der Waals surface area contributed by atoms with Gasteiger partial charge in [-0.05, 0) is 17.7 Å². The molecule has 1 rings (SSSR count). The van der Waals surface area contributed by atoms with Gasteiger partial charge in [-0.2, -0.15) is 0 Å². The van der Waals surface area contributed by atoms with Crippen LogP contribution in [0.3, 0.4) is 0 Å². The van der Waals surface area contributed by atoms with Gasteiger partial charge in [0.2, 0.25) is 11.8 Å². The summed E-state index contributed by atoms with van der Waals surface area (Å²) in [5.74, 6) is -1.01. The summed E-state index contributed by atoms with van der Waals surface area (Å²) in [7, 11) is 0. The molecule has 1 aromatic carbocycles. The largest absolute Gasteiger partial charge is 0.368 e. The van der Waals surface area contributed by atoms with Crippen LogP contribution in [0.5, 0.6) is 0 Å². The average Bonchev–Trinajstić information content (AvgIpc) is 2.35. The van der Waals surface area contributed by atoms with Crippen LogP contribution in [0.1, 0.15) is 19.4 Å². The second kappa shape index (κ2) is 7.49. The third-order valence-electron chi connectivity index (χ3n) is 2.71. The highest BCUT2D eigenvalue weighted by atomic mass is 16.2. The van der Waals surface area contributed by atoms with Gasteiger partial charge < -0.3 is 21.7 Å². The van der Waals surface area contributed by atoms with Gasteiger partial charge in [-0.25, -0.2) is 0 Å². The zero-order valence-corrected chi connectivity index (χ0v) is 11.9. The molecule has 0 aliphatic heterocycles. The van der Waals surface area contributed by atoms with E-state index in [0.29, 0.717) is 6.04 Å². The molecule has 2 amide bonds. The molecule has 6 heteroatoms. The number of hydrogen-bond donors (Lipinski definition) is 3. The van der Waals surface area contributed by atoms with E-state index in [1.54, 1.807) is 4.90 Å². The van der Waals surface area contributed by atoms with Crippen molar-refractivity contribution in [1.29, 1.82) is 0 Å². The molecule has 20 heavy (non-hydrogen) atoms. The number of primary amides is 2. The molecule has 0 bridgehead atoms. The van der Waals surface area contributed by atoms with Crippen LogP contribution in [-0.4, -0.2) is 30.9 Å². The van der Waals surface area contributed by atoms with E-state index in [2.05, 4.69) is 19.2 Å². The fraction of sp³-hybridized carbons (Fsp3) is 0.429. The maximum Gasteiger partial charge on any atom is 0.236 e. The zero-order valence-electron chi connectivity index (χ0n) is 11.9. The fourth-order valence-electron chi connectivity index (χ4n) is 1.76. The minimum absolute atomic E-state index is 0.0352. The van der Waals surface area contributed by atoms with Crippen LogP contribution in [0.2, 0.25) is 0 Å². The summed E-state index contributed by atoms with van der Waals surface area (Å²) < 4.78 is 0. The third kappa shape index (κ3) is 5.71. The minimum Gasteiger partial charge on any atom is -0.368 e. The highest BCUT2D eigenvalue weighted by Crippen LogP contribution is 2.15. The molecule has 0 radical (unpaired) electrons. The van der Waals surface area contributed by atoms with Gasteiger partial charge in [0.1, 0.15) is 0 Å². The maximum atomic E-state index is 11.0. The van der Waals surface area contributed by atoms with Gasteiger partial charge in [0.15, 0.2) is 0 Å². The number of nitrogens with one attached hydrogen (secondary N) is 1. The van der Waals surface area contributed by atoms with E-state index in [9.17, 15) is 9.59 Å². The van der Waals surface area contributed by atoms with Gasteiger partial charge >= 0.3 is 0 Å². The van der Waals surface area contributed by atoms with Crippen LogP contribution in [-0.2, 0) is 16.1 Å². The lowest BCUT2D eigenvalue weighted by Gasteiger charge is -2.22. The molecule has 0 saturated carbocycles. The van der Waals surface area contributed by atoms with Crippen molar-refractivity contribution in [3.05, 3.63) is 29.8 Å². The lowest BCUT2D eigenvalue weighted by Crippen LogP contribution is -2.39. The number of benzene rings is 1. The summed E-state index contributed by atoms with van der Waals surface area (Å²) in [6.07, 6.45) is 0. The Morgan fingerprint density at radius 2 is 1.60 bits per heavy atom. The molecule has 0 fully saturated rings. The topological polar surface area (TPSA) is 101 Å². The van der Waals surface area contributed by atoms with Gasteiger partial charge in [-0.15, -0.1) is 0 Å². The monoisotopic (exact) mass is 278 g/mol. The Kier molecular flexibility index (Phi) is 5.99. The smallest absolute Gasteiger partial charge is 0.236 e. The zero-order chi connectivity index (χ0) is 15.1. The Balaban J connectivity index is 2.76. The molecular weight excluding hydrogens is 256 g/mol. The Hall–Kier alpha value is -2.08. The summed E-state index contributed by atoms with van der Waals surface area (Å²) in [5, 5.41) is 3.31. The molecule has 0 spiro atoms. The molecule has 5 N–H and O–H groups in total. The van der Waals surface area contributed by atoms with Crippen molar-refractivity contribution >= 4 is 17.5 Å². The standard InChI is InChI=1S/C14H22N4O2/c1-10(2)17-7-11-3-5-12(6-4-11)18(8-13(15)19)9-14(16)20/h3-6,10,17H,7-9H2,1-2H3,(H2,15,19)(H2,16,20). The predicted molar refractivity (Wildman–Crippen MR) is 79.0 cm³/mol. The third-order valence-corrected chi connectivity index (χ3v) is 2.71. The number of hydrogen-bond acceptors (Lipinski definition) is 4. The van der Waals surface area contributed by atoms with Crippen molar-refractivity contribution in [3.8, 4) is 0 Å². The number of carbonyl (C=O) groups excluding carboxylic acids is 2. The first-order valence-corrected chi connectivity index (χ1v) is 6.52. The van der Waals surface area contributed by atoms with E-state index in [1.807, 2.05) is 24.3 Å². The van der Waals surface area contributed by atoms with E-state index in [-0.39, 0.29) is 13.1 Å². The Morgan fingerprint density at radius 1 is 1.10 bits per heavy atom. The summed E-state index contributed by atoms with van der Waals surface area (Å²) in [6, 6.07) is 8.00. The van der Waals surface area contributed by atoms with Crippen LogP contribution < -0.4 is 21.7 Å². The Labute approximate surface area is 119 Å². The lowest BCUT2D eigenvalue weighted by atomic mass is 10.2. The highest BCUT2D eigenvalue weighted by molar-refractivity contribution is 5.84. The Bertz CT molecular complexity index is 441. The number of nitrogens with two attached hydrogens (primary N) is 2. The maximum absolute atomic E-state index is 11.0. The van der Waals surface area contributed by atoms with Crippen LogP contribution in [0.25, 0.3) is 0 Å². The van der Waals surface area contributed by atoms with E-state index >= 15 is 0 Å². The fourth-order valence-corrected chi connectivity index (χ4v) is 1.76. The van der Waals surface area contributed by atoms with Crippen molar-refractivity contribution < 1.29 is 9.59 Å². The normalized spacial score (nSPS) is 10.6. The van der Waals surface area contributed by atoms with Crippen LogP contribution in [0.4, 0.5) is 5.69 Å². The number of amides is 2. The van der Waals surface area contributed by atoms with Gasteiger partial charge in [-0.1, -0.05) is 26.0 Å². The second-order valence-electron chi connectivity index (χ2n) is 4.99. The molecule has 1 aromatic rings. The van der Waals surface area contributed by atoms with Gasteiger partial charge in [0, 0.05) is 18.3 Å². The summed E-state index contributed by atoms with van der Waals surface area (Å²) in [4.78, 5) is 23.6. The highest BCUT2D eigenvalue weighted by Gasteiger charge is 2.12. The molecule has 0 atom stereocenters. The minimum atomic E-state index is -0.503. The van der Waals surface area contributed by atoms with Crippen molar-refractivity contribution in [1.82, 2.24) is 5.32 Å². The van der Waals surface area contributed by atoms with Gasteiger partial charge in [0.25, 0.3) is 0 Å². The van der Waals surface area contributed by atoms with E-state index < -0.39 is 11.8 Å². The molecule has 0 aliphatic rings. The molecule has 0 aromatic heterocycles. The predicted octanol–water partition coefficient (Wildman–Crippen LogP) is -0.0384. The average molecular weight is 278 g/mol. The van der Waals surface area contributed by atoms with Crippen molar-refractivity contribution in [2.24, 2.45) is 11.5 Å². The first kappa shape index (κ1) is 16.0. The first-order chi connectivity index (χ1) is 9.38. The van der Waals surface area contributed by atoms with Gasteiger partial charge in [0.05, 0.1) is 13.1 Å². The number of anilines is 1. The second-order valence-corrected chi connectivity index (χ2v) is 4.99.